The predicted octanol–water partition coefficient (Wildman–Crippen LogP) is 2.77. The van der Waals surface area contributed by atoms with Gasteiger partial charge in [0.15, 0.2) is 0 Å². The molecule has 3 heterocycles. The fourth-order valence-corrected chi connectivity index (χ4v) is 8.03. The Morgan fingerprint density at radius 2 is 1.80 bits per heavy atom. The van der Waals surface area contributed by atoms with Gasteiger partial charge in [-0.05, 0) is 43.6 Å². The van der Waals surface area contributed by atoms with Crippen molar-refractivity contribution in [2.45, 2.75) is 109 Å². The maximum atomic E-state index is 14.8. The molecule has 0 spiro atoms. The number of nitrogens with one attached hydrogen (secondary N) is 2. The molecule has 1 aromatic carbocycles. The zero-order valence-electron chi connectivity index (χ0n) is 29.4. The Morgan fingerprint density at radius 1 is 1.06 bits per heavy atom. The second kappa shape index (κ2) is 16.1. The lowest BCUT2D eigenvalue weighted by atomic mass is 9.82. The molecule has 272 valence electrons. The quantitative estimate of drug-likeness (QED) is 0.275. The van der Waals surface area contributed by atoms with Gasteiger partial charge in [0.05, 0.1) is 25.4 Å². The molecule has 1 saturated carbocycles. The minimum Gasteiger partial charge on any atom is -0.493 e. The summed E-state index contributed by atoms with van der Waals surface area (Å²) in [7, 11) is 0. The standard InChI is InChI=1S/C36H55N5O8/c1-5-48-25-17-24-18-40(28(20-39(24)19-25)32(43)37-27-15-16-49-30-14-10-9-13-26(27)30)34(45)31(23-11-7-6-8-12-23)38-33(44)29(21-42)41(35(46)47)22-36(2,3)4/h9-10,13-14,23-25,27-29,31,42H,5-8,11-12,15-22H2,1-4H3,(H,37,43)(H,38,44)(H,46,47)/t24-,25-,27-,28+,29+,31+/m1/s1. The van der Waals surface area contributed by atoms with E-state index in [1.807, 2.05) is 52.0 Å². The summed E-state index contributed by atoms with van der Waals surface area (Å²) >= 11 is 0. The van der Waals surface area contributed by atoms with E-state index in [0.717, 1.165) is 54.7 Å². The molecule has 1 aliphatic carbocycles. The summed E-state index contributed by atoms with van der Waals surface area (Å²) in [6.07, 6.45) is 4.27. The van der Waals surface area contributed by atoms with Crippen LogP contribution in [0.15, 0.2) is 24.3 Å². The monoisotopic (exact) mass is 685 g/mol. The van der Waals surface area contributed by atoms with Gasteiger partial charge in [-0.3, -0.25) is 24.2 Å². The number of rotatable bonds is 11. The summed E-state index contributed by atoms with van der Waals surface area (Å²) in [5, 5.41) is 26.4. The van der Waals surface area contributed by atoms with Crippen molar-refractivity contribution < 1.29 is 38.9 Å². The minimum atomic E-state index is -1.39. The highest BCUT2D eigenvalue weighted by Crippen LogP contribution is 2.34. The fourth-order valence-electron chi connectivity index (χ4n) is 8.03. The van der Waals surface area contributed by atoms with Gasteiger partial charge in [-0.25, -0.2) is 4.79 Å². The second-order valence-electron chi connectivity index (χ2n) is 15.2. The third kappa shape index (κ3) is 8.85. The van der Waals surface area contributed by atoms with Gasteiger partial charge in [0.25, 0.3) is 0 Å². The number of aliphatic hydroxyl groups is 1. The third-order valence-electron chi connectivity index (χ3n) is 10.4. The molecule has 2 saturated heterocycles. The van der Waals surface area contributed by atoms with Crippen LogP contribution >= 0.6 is 0 Å². The summed E-state index contributed by atoms with van der Waals surface area (Å²) < 4.78 is 11.8. The highest BCUT2D eigenvalue weighted by Gasteiger charge is 2.48. The number of aliphatic hydroxyl groups excluding tert-OH is 1. The number of hydrogen-bond donors (Lipinski definition) is 4. The van der Waals surface area contributed by atoms with Crippen molar-refractivity contribution in [3.63, 3.8) is 0 Å². The first-order valence-electron chi connectivity index (χ1n) is 18.0. The van der Waals surface area contributed by atoms with Crippen LogP contribution in [-0.4, -0.2) is 125 Å². The Hall–Kier alpha value is -3.42. The maximum absolute atomic E-state index is 14.8. The molecule has 0 bridgehead atoms. The molecule has 13 nitrogen and oxygen atoms in total. The van der Waals surface area contributed by atoms with Gasteiger partial charge in [-0.1, -0.05) is 58.2 Å². The predicted molar refractivity (Wildman–Crippen MR) is 182 cm³/mol. The Kier molecular flexibility index (Phi) is 12.1. The Morgan fingerprint density at radius 3 is 2.47 bits per heavy atom. The van der Waals surface area contributed by atoms with Crippen LogP contribution in [0.3, 0.4) is 0 Å². The highest BCUT2D eigenvalue weighted by molar-refractivity contribution is 5.94. The van der Waals surface area contributed by atoms with Crippen LogP contribution in [0.25, 0.3) is 0 Å². The lowest BCUT2D eigenvalue weighted by Gasteiger charge is -2.45. The lowest BCUT2D eigenvalue weighted by molar-refractivity contribution is -0.150. The first-order valence-corrected chi connectivity index (χ1v) is 18.0. The van der Waals surface area contributed by atoms with Crippen molar-refractivity contribution in [1.29, 1.82) is 0 Å². The van der Waals surface area contributed by atoms with Gasteiger partial charge in [0.2, 0.25) is 17.7 Å². The number of nitrogens with zero attached hydrogens (tertiary/aromatic N) is 3. The van der Waals surface area contributed by atoms with Crippen molar-refractivity contribution in [3.05, 3.63) is 29.8 Å². The molecule has 6 atom stereocenters. The molecule has 0 aromatic heterocycles. The number of ether oxygens (including phenoxy) is 2. The van der Waals surface area contributed by atoms with E-state index in [1.165, 1.54) is 0 Å². The summed E-state index contributed by atoms with van der Waals surface area (Å²) in [6.45, 7) is 9.16. The first-order chi connectivity index (χ1) is 23.4. The van der Waals surface area contributed by atoms with Crippen molar-refractivity contribution in [2.24, 2.45) is 11.3 Å². The molecular weight excluding hydrogens is 630 g/mol. The molecule has 0 radical (unpaired) electrons. The van der Waals surface area contributed by atoms with Crippen LogP contribution in [0.5, 0.6) is 5.75 Å². The van der Waals surface area contributed by atoms with E-state index in [9.17, 15) is 29.4 Å². The molecule has 4 aliphatic rings. The minimum absolute atomic E-state index is 0.000100. The van der Waals surface area contributed by atoms with Crippen molar-refractivity contribution in [2.75, 3.05) is 46.0 Å². The molecule has 1 aromatic rings. The topological polar surface area (TPSA) is 161 Å². The molecule has 0 unspecified atom stereocenters. The summed E-state index contributed by atoms with van der Waals surface area (Å²) in [5.74, 6) is -0.780. The van der Waals surface area contributed by atoms with Crippen LogP contribution in [0.4, 0.5) is 4.79 Å². The van der Waals surface area contributed by atoms with E-state index >= 15 is 0 Å². The van der Waals surface area contributed by atoms with Crippen LogP contribution in [0.2, 0.25) is 0 Å². The average molecular weight is 686 g/mol. The van der Waals surface area contributed by atoms with E-state index in [2.05, 4.69) is 15.5 Å². The van der Waals surface area contributed by atoms with Crippen LogP contribution in [-0.2, 0) is 19.1 Å². The number of hydrogen-bond acceptors (Lipinski definition) is 8. The van der Waals surface area contributed by atoms with Crippen LogP contribution < -0.4 is 15.4 Å². The molecule has 3 fully saturated rings. The number of para-hydroxylation sites is 1. The number of piperazine rings is 1. The summed E-state index contributed by atoms with van der Waals surface area (Å²) in [6, 6.07) is 4.19. The number of amides is 4. The average Bonchev–Trinajstić information content (AvgIpc) is 3.47. The number of benzene rings is 1. The smallest absolute Gasteiger partial charge is 0.408 e. The van der Waals surface area contributed by atoms with Crippen molar-refractivity contribution in [1.82, 2.24) is 25.3 Å². The normalized spacial score (nSPS) is 25.7. The second-order valence-corrected chi connectivity index (χ2v) is 15.2. The van der Waals surface area contributed by atoms with Crippen LogP contribution in [0.1, 0.15) is 84.2 Å². The van der Waals surface area contributed by atoms with E-state index in [1.54, 1.807) is 4.90 Å². The molecule has 4 amide bonds. The Bertz CT molecular complexity index is 1330. The molecular formula is C36H55N5O8. The van der Waals surface area contributed by atoms with E-state index in [-0.39, 0.29) is 42.5 Å². The summed E-state index contributed by atoms with van der Waals surface area (Å²) in [5.41, 5.74) is 0.420. The largest absolute Gasteiger partial charge is 0.493 e. The van der Waals surface area contributed by atoms with Gasteiger partial charge in [-0.15, -0.1) is 0 Å². The van der Waals surface area contributed by atoms with Crippen LogP contribution in [0, 0.1) is 11.3 Å². The number of carbonyl (C=O) groups is 4. The number of carbonyl (C=O) groups excluding carboxylic acids is 3. The number of fused-ring (bicyclic) bond motifs is 2. The number of carboxylic acid groups (broad SMARTS) is 1. The SMILES string of the molecule is CCO[C@@H]1C[C@@H]2CN(C(=O)[C@@H](NC(=O)[C@H](CO)N(CC(C)(C)C)C(=O)O)C3CCCCC3)[C@H](C(=O)N[C@@H]3CCOc4ccccc43)CN2C1. The molecule has 5 rings (SSSR count). The first kappa shape index (κ1) is 36.9. The molecule has 3 aliphatic heterocycles. The maximum Gasteiger partial charge on any atom is 0.408 e. The fraction of sp³-hybridized carbons (Fsp3) is 0.722. The third-order valence-corrected chi connectivity index (χ3v) is 10.4. The van der Waals surface area contributed by atoms with Crippen molar-refractivity contribution in [3.8, 4) is 5.75 Å². The van der Waals surface area contributed by atoms with Gasteiger partial charge < -0.3 is 35.2 Å². The van der Waals surface area contributed by atoms with E-state index in [0.29, 0.717) is 39.3 Å². The highest BCUT2D eigenvalue weighted by atomic mass is 16.5. The molecule has 13 heteroatoms. The molecule has 49 heavy (non-hydrogen) atoms. The van der Waals surface area contributed by atoms with Gasteiger partial charge in [-0.2, -0.15) is 0 Å². The zero-order valence-corrected chi connectivity index (χ0v) is 29.4. The van der Waals surface area contributed by atoms with E-state index in [4.69, 9.17) is 9.47 Å². The summed E-state index contributed by atoms with van der Waals surface area (Å²) in [4.78, 5) is 60.1. The van der Waals surface area contributed by atoms with Crippen molar-refractivity contribution >= 4 is 23.8 Å². The Labute approximate surface area is 289 Å². The van der Waals surface area contributed by atoms with Gasteiger partial charge in [0, 0.05) is 50.8 Å². The molecule has 4 N–H and O–H groups in total. The van der Waals surface area contributed by atoms with Gasteiger partial charge in [0.1, 0.15) is 23.9 Å². The zero-order chi connectivity index (χ0) is 35.3. The van der Waals surface area contributed by atoms with E-state index < -0.39 is 42.1 Å². The lowest BCUT2D eigenvalue weighted by Crippen LogP contribution is -2.67. The Balaban J connectivity index is 1.43. The van der Waals surface area contributed by atoms with Gasteiger partial charge >= 0.3 is 6.09 Å².